The van der Waals surface area contributed by atoms with E-state index in [0.29, 0.717) is 0 Å². The van der Waals surface area contributed by atoms with Crippen molar-refractivity contribution in [3.8, 4) is 0 Å². The summed E-state index contributed by atoms with van der Waals surface area (Å²) in [5.41, 5.74) is 0.238. The molecule has 1 radical (unpaired) electrons. The van der Waals surface area contributed by atoms with Gasteiger partial charge in [0.15, 0.2) is 0 Å². The Kier molecular flexibility index (Phi) is 17.4. The molecule has 0 aliphatic heterocycles. The zero-order valence-corrected chi connectivity index (χ0v) is 10.7. The van der Waals surface area contributed by atoms with Crippen LogP contribution in [0.4, 0.5) is 0 Å². The van der Waals surface area contributed by atoms with Gasteiger partial charge in [0.25, 0.3) is 0 Å². The zero-order valence-electron chi connectivity index (χ0n) is 7.91. The topological polar surface area (TPSA) is 0 Å². The van der Waals surface area contributed by atoms with Crippen molar-refractivity contribution in [2.75, 3.05) is 0 Å². The van der Waals surface area contributed by atoms with Gasteiger partial charge in [-0.15, -0.1) is 6.42 Å². The Hall–Kier alpha value is 1.10. The predicted octanol–water partition coefficient (Wildman–Crippen LogP) is 3.48. The fourth-order valence-corrected chi connectivity index (χ4v) is 0.479. The first-order chi connectivity index (χ1) is 4.06. The fraction of sp³-hybridized carbons (Fsp3) is 0.778. The second-order valence-electron chi connectivity index (χ2n) is 2.77. The molecule has 0 aliphatic rings. The first kappa shape index (κ1) is 17.3. The van der Waals surface area contributed by atoms with Crippen molar-refractivity contribution in [2.24, 2.45) is 5.41 Å². The molecule has 0 amide bonds. The molecule has 0 atom stereocenters. The number of rotatable bonds is 2. The first-order valence-corrected chi connectivity index (χ1v) is 3.71. The van der Waals surface area contributed by atoms with E-state index < -0.39 is 0 Å². The summed E-state index contributed by atoms with van der Waals surface area (Å²) in [6, 6.07) is 0. The summed E-state index contributed by atoms with van der Waals surface area (Å²) in [7, 11) is 0. The molecule has 0 aromatic heterocycles. The Balaban J connectivity index is -0.000000149. The van der Waals surface area contributed by atoms with Crippen molar-refractivity contribution in [3.63, 3.8) is 0 Å². The van der Waals surface area contributed by atoms with Crippen LogP contribution in [0.3, 0.4) is 0 Å². The van der Waals surface area contributed by atoms with Gasteiger partial charge in [-0.1, -0.05) is 27.7 Å². The molecule has 0 nitrogen and oxygen atoms in total. The van der Waals surface area contributed by atoms with Gasteiger partial charge in [-0.3, -0.25) is 0 Å². The van der Waals surface area contributed by atoms with Crippen molar-refractivity contribution >= 4 is 0 Å². The minimum Gasteiger partial charge on any atom is -0.343 e. The zero-order chi connectivity index (χ0) is 7.91. The molecule has 0 aromatic carbocycles. The van der Waals surface area contributed by atoms with Crippen molar-refractivity contribution in [3.05, 3.63) is 13.8 Å². The molecular formula is C9H20Y-2. The van der Waals surface area contributed by atoms with E-state index in [4.69, 9.17) is 0 Å². The van der Waals surface area contributed by atoms with Crippen LogP contribution in [-0.2, 0) is 32.7 Å². The monoisotopic (exact) mass is 217 g/mol. The molecular weight excluding hydrogens is 197 g/mol. The molecule has 0 heterocycles. The summed E-state index contributed by atoms with van der Waals surface area (Å²) in [5.74, 6) is 0. The minimum absolute atomic E-state index is 0. The van der Waals surface area contributed by atoms with E-state index >= 15 is 0 Å². The van der Waals surface area contributed by atoms with Crippen LogP contribution in [0.25, 0.3) is 0 Å². The van der Waals surface area contributed by atoms with E-state index in [0.717, 1.165) is 12.8 Å². The second kappa shape index (κ2) is 10.1. The average Bonchev–Trinajstić information content (AvgIpc) is 1.69. The van der Waals surface area contributed by atoms with Gasteiger partial charge in [0.1, 0.15) is 0 Å². The average molecular weight is 217 g/mol. The minimum atomic E-state index is 0. The Morgan fingerprint density at radius 1 is 1.20 bits per heavy atom. The summed E-state index contributed by atoms with van der Waals surface area (Å²) in [6.07, 6.45) is 2.11. The van der Waals surface area contributed by atoms with Crippen LogP contribution in [0, 0.1) is 19.3 Å². The Morgan fingerprint density at radius 2 is 1.50 bits per heavy atom. The molecule has 0 unspecified atom stereocenters. The van der Waals surface area contributed by atoms with Gasteiger partial charge in [-0.05, 0) is 0 Å². The summed E-state index contributed by atoms with van der Waals surface area (Å²) >= 11 is 0. The molecule has 0 aromatic rings. The van der Waals surface area contributed by atoms with E-state index in [9.17, 15) is 0 Å². The number of hydrogen-bond acceptors (Lipinski definition) is 0. The molecule has 0 spiro atoms. The summed E-state index contributed by atoms with van der Waals surface area (Å²) < 4.78 is 0. The molecule has 0 rings (SSSR count). The summed E-state index contributed by atoms with van der Waals surface area (Å²) in [6.45, 7) is 15.9. The molecule has 0 aliphatic carbocycles. The maximum absolute atomic E-state index is 3.92. The van der Waals surface area contributed by atoms with Gasteiger partial charge in [0.05, 0.1) is 0 Å². The fourth-order valence-electron chi connectivity index (χ4n) is 0.479. The van der Waals surface area contributed by atoms with Gasteiger partial charge in [-0.25, -0.2) is 0 Å². The number of hydrogen-bond donors (Lipinski definition) is 0. The van der Waals surface area contributed by atoms with Crippen LogP contribution in [0.1, 0.15) is 40.5 Å². The Morgan fingerprint density at radius 3 is 1.50 bits per heavy atom. The maximum atomic E-state index is 3.92. The first-order valence-electron chi connectivity index (χ1n) is 3.71. The van der Waals surface area contributed by atoms with Crippen LogP contribution >= 0.6 is 0 Å². The van der Waals surface area contributed by atoms with Crippen molar-refractivity contribution < 1.29 is 32.7 Å². The van der Waals surface area contributed by atoms with Crippen LogP contribution in [-0.4, -0.2) is 0 Å². The van der Waals surface area contributed by atoms with E-state index in [1.807, 2.05) is 13.8 Å². The smallest absolute Gasteiger partial charge is 0 e. The SMILES string of the molecule is CC.[CH2-]CCC([CH2-])(C)C.[Y]. The molecule has 0 N–H and O–H groups in total. The standard InChI is InChI=1S/C7H14.C2H6.Y/c1-5-6-7(2,3)4;1-2;/h1-2,5-6H2,3-4H3;1-2H3;/q-2;;. The van der Waals surface area contributed by atoms with Crippen molar-refractivity contribution in [2.45, 2.75) is 40.5 Å². The van der Waals surface area contributed by atoms with Gasteiger partial charge < -0.3 is 13.8 Å². The third-order valence-corrected chi connectivity index (χ3v) is 0.854. The van der Waals surface area contributed by atoms with Crippen LogP contribution in [0.2, 0.25) is 0 Å². The predicted molar refractivity (Wildman–Crippen MR) is 45.1 cm³/mol. The Labute approximate surface area is 92.0 Å². The molecule has 0 saturated carbocycles. The third kappa shape index (κ3) is 23.0. The molecule has 0 fully saturated rings. The van der Waals surface area contributed by atoms with E-state index in [1.165, 1.54) is 0 Å². The van der Waals surface area contributed by atoms with Crippen molar-refractivity contribution in [1.82, 2.24) is 0 Å². The molecule has 61 valence electrons. The van der Waals surface area contributed by atoms with Gasteiger partial charge in [0.2, 0.25) is 0 Å². The van der Waals surface area contributed by atoms with Crippen LogP contribution in [0.15, 0.2) is 0 Å². The summed E-state index contributed by atoms with van der Waals surface area (Å²) in [5, 5.41) is 0. The summed E-state index contributed by atoms with van der Waals surface area (Å²) in [4.78, 5) is 0. The van der Waals surface area contributed by atoms with Crippen LogP contribution in [0.5, 0.6) is 0 Å². The second-order valence-corrected chi connectivity index (χ2v) is 2.77. The van der Waals surface area contributed by atoms with E-state index in [-0.39, 0.29) is 38.1 Å². The molecule has 10 heavy (non-hydrogen) atoms. The normalized spacial score (nSPS) is 9.00. The van der Waals surface area contributed by atoms with Crippen molar-refractivity contribution in [1.29, 1.82) is 0 Å². The van der Waals surface area contributed by atoms with Crippen LogP contribution < -0.4 is 0 Å². The quantitative estimate of drug-likeness (QED) is 0.621. The maximum Gasteiger partial charge on any atom is 0 e. The Bertz CT molecular complexity index is 43.2. The van der Waals surface area contributed by atoms with Gasteiger partial charge >= 0.3 is 0 Å². The van der Waals surface area contributed by atoms with Gasteiger partial charge in [0, 0.05) is 32.7 Å². The molecule has 0 saturated heterocycles. The molecule has 0 bridgehead atoms. The third-order valence-electron chi connectivity index (χ3n) is 0.854. The van der Waals surface area contributed by atoms with E-state index in [2.05, 4.69) is 27.7 Å². The molecule has 1 heteroatoms. The van der Waals surface area contributed by atoms with E-state index in [1.54, 1.807) is 0 Å². The van der Waals surface area contributed by atoms with Gasteiger partial charge in [-0.2, -0.15) is 11.8 Å². The largest absolute Gasteiger partial charge is 0.343 e.